The van der Waals surface area contributed by atoms with Gasteiger partial charge in [0.2, 0.25) is 0 Å². The fourth-order valence-electron chi connectivity index (χ4n) is 2.19. The summed E-state index contributed by atoms with van der Waals surface area (Å²) in [5.74, 6) is 0. The normalized spacial score (nSPS) is 11.7. The summed E-state index contributed by atoms with van der Waals surface area (Å²) >= 11 is 6.08. The molecule has 0 radical (unpaired) electrons. The fraction of sp³-hybridized carbons (Fsp3) is 0.111. The molecule has 23 heavy (non-hydrogen) atoms. The van der Waals surface area contributed by atoms with Gasteiger partial charge in [0.1, 0.15) is 5.58 Å². The van der Waals surface area contributed by atoms with E-state index in [0.29, 0.717) is 21.9 Å². The van der Waals surface area contributed by atoms with Crippen molar-refractivity contribution in [3.05, 3.63) is 75.1 Å². The summed E-state index contributed by atoms with van der Waals surface area (Å²) in [6.45, 7) is 3.69. The Morgan fingerprint density at radius 2 is 1.96 bits per heavy atom. The molecule has 1 heterocycles. The Hall–Kier alpha value is -2.59. The van der Waals surface area contributed by atoms with Crippen molar-refractivity contribution in [3.63, 3.8) is 0 Å². The minimum Gasteiger partial charge on any atom is -0.422 e. The summed E-state index contributed by atoms with van der Waals surface area (Å²) < 4.78 is 5.32. The van der Waals surface area contributed by atoms with E-state index < -0.39 is 5.63 Å². The third-order valence-corrected chi connectivity index (χ3v) is 3.96. The first kappa shape index (κ1) is 15.3. The number of benzene rings is 2. The lowest BCUT2D eigenvalue weighted by Crippen LogP contribution is -2.13. The van der Waals surface area contributed by atoms with Gasteiger partial charge in [-0.2, -0.15) is 5.10 Å². The minimum absolute atomic E-state index is 0.409. The van der Waals surface area contributed by atoms with Crippen LogP contribution in [0.4, 0.5) is 5.69 Å². The highest BCUT2D eigenvalue weighted by Gasteiger charge is 2.08. The van der Waals surface area contributed by atoms with E-state index in [9.17, 15) is 4.79 Å². The molecule has 2 aromatic carbocycles. The van der Waals surface area contributed by atoms with Crippen molar-refractivity contribution in [1.82, 2.24) is 0 Å². The van der Waals surface area contributed by atoms with Crippen LogP contribution in [0.3, 0.4) is 0 Å². The monoisotopic (exact) mass is 326 g/mol. The van der Waals surface area contributed by atoms with Crippen LogP contribution in [-0.4, -0.2) is 5.71 Å². The average molecular weight is 327 g/mol. The zero-order valence-electron chi connectivity index (χ0n) is 12.8. The zero-order chi connectivity index (χ0) is 16.4. The summed E-state index contributed by atoms with van der Waals surface area (Å²) in [5, 5.41) is 5.77. The SMILES string of the molecule is C/C(=N/Nc1ccc(C)c(Cl)c1)c1cc2ccccc2oc1=O. The van der Waals surface area contributed by atoms with E-state index in [-0.39, 0.29) is 0 Å². The maximum Gasteiger partial charge on any atom is 0.345 e. The molecule has 5 heteroatoms. The van der Waals surface area contributed by atoms with Crippen molar-refractivity contribution < 1.29 is 4.42 Å². The largest absolute Gasteiger partial charge is 0.422 e. The van der Waals surface area contributed by atoms with Gasteiger partial charge in [-0.25, -0.2) is 4.79 Å². The standard InChI is InChI=1S/C18H15ClN2O2/c1-11-7-8-14(10-16(11)19)21-20-12(2)15-9-13-5-3-4-6-17(13)23-18(15)22/h3-10,21H,1-2H3/b20-12-. The van der Waals surface area contributed by atoms with Crippen molar-refractivity contribution in [3.8, 4) is 0 Å². The molecule has 0 atom stereocenters. The van der Waals surface area contributed by atoms with Crippen LogP contribution in [0.15, 0.2) is 62.8 Å². The minimum atomic E-state index is -0.409. The van der Waals surface area contributed by atoms with Gasteiger partial charge in [0.15, 0.2) is 0 Å². The maximum atomic E-state index is 12.1. The number of nitrogens with one attached hydrogen (secondary N) is 1. The molecule has 0 saturated carbocycles. The van der Waals surface area contributed by atoms with Gasteiger partial charge in [-0.1, -0.05) is 35.9 Å². The molecule has 4 nitrogen and oxygen atoms in total. The van der Waals surface area contributed by atoms with Crippen LogP contribution in [0.2, 0.25) is 5.02 Å². The number of halogens is 1. The second-order valence-corrected chi connectivity index (χ2v) is 5.67. The number of rotatable bonds is 3. The van der Waals surface area contributed by atoms with Crippen molar-refractivity contribution in [2.24, 2.45) is 5.10 Å². The number of aryl methyl sites for hydroxylation is 1. The fourth-order valence-corrected chi connectivity index (χ4v) is 2.37. The van der Waals surface area contributed by atoms with E-state index in [0.717, 1.165) is 16.6 Å². The van der Waals surface area contributed by atoms with Gasteiger partial charge in [-0.05, 0) is 43.7 Å². The summed E-state index contributed by atoms with van der Waals surface area (Å²) in [6, 6.07) is 14.7. The summed E-state index contributed by atoms with van der Waals surface area (Å²) in [5.41, 5.74) is 5.78. The van der Waals surface area contributed by atoms with Crippen molar-refractivity contribution in [1.29, 1.82) is 0 Å². The van der Waals surface area contributed by atoms with Crippen LogP contribution in [0.25, 0.3) is 11.0 Å². The average Bonchev–Trinajstić information content (AvgIpc) is 2.55. The Morgan fingerprint density at radius 1 is 1.17 bits per heavy atom. The number of hydrogen-bond acceptors (Lipinski definition) is 4. The first-order valence-electron chi connectivity index (χ1n) is 7.14. The molecule has 0 aliphatic carbocycles. The van der Waals surface area contributed by atoms with E-state index in [1.54, 1.807) is 25.1 Å². The third-order valence-electron chi connectivity index (χ3n) is 3.56. The lowest BCUT2D eigenvalue weighted by Gasteiger charge is -2.05. The molecule has 0 aliphatic rings. The van der Waals surface area contributed by atoms with Crippen LogP contribution in [0.1, 0.15) is 18.1 Å². The molecule has 0 fully saturated rings. The molecule has 0 aliphatic heterocycles. The van der Waals surface area contributed by atoms with Gasteiger partial charge in [-0.15, -0.1) is 0 Å². The topological polar surface area (TPSA) is 54.6 Å². The molecule has 1 aromatic heterocycles. The van der Waals surface area contributed by atoms with Gasteiger partial charge in [-0.3, -0.25) is 5.43 Å². The molecular weight excluding hydrogens is 312 g/mol. The van der Waals surface area contributed by atoms with Gasteiger partial charge < -0.3 is 4.42 Å². The lowest BCUT2D eigenvalue weighted by atomic mass is 10.1. The van der Waals surface area contributed by atoms with E-state index in [4.69, 9.17) is 16.0 Å². The first-order valence-corrected chi connectivity index (χ1v) is 7.52. The number of nitrogens with zero attached hydrogens (tertiary/aromatic N) is 1. The molecule has 0 amide bonds. The molecule has 0 unspecified atom stereocenters. The zero-order valence-corrected chi connectivity index (χ0v) is 13.5. The Morgan fingerprint density at radius 3 is 2.74 bits per heavy atom. The molecule has 0 saturated heterocycles. The number of fused-ring (bicyclic) bond motifs is 1. The Bertz CT molecular complexity index is 961. The second-order valence-electron chi connectivity index (χ2n) is 5.26. The smallest absolute Gasteiger partial charge is 0.345 e. The van der Waals surface area contributed by atoms with E-state index in [1.807, 2.05) is 37.3 Å². The summed E-state index contributed by atoms with van der Waals surface area (Å²) in [7, 11) is 0. The predicted octanol–water partition coefficient (Wildman–Crippen LogP) is 4.59. The quantitative estimate of drug-likeness (QED) is 0.435. The molecule has 116 valence electrons. The van der Waals surface area contributed by atoms with E-state index >= 15 is 0 Å². The molecule has 3 aromatic rings. The van der Waals surface area contributed by atoms with Crippen LogP contribution in [-0.2, 0) is 0 Å². The van der Waals surface area contributed by atoms with Gasteiger partial charge in [0, 0.05) is 10.4 Å². The molecular formula is C18H15ClN2O2. The van der Waals surface area contributed by atoms with E-state index in [1.165, 1.54) is 0 Å². The van der Waals surface area contributed by atoms with Crippen molar-refractivity contribution in [2.75, 3.05) is 5.43 Å². The van der Waals surface area contributed by atoms with Crippen LogP contribution in [0, 0.1) is 6.92 Å². The maximum absolute atomic E-state index is 12.1. The van der Waals surface area contributed by atoms with Gasteiger partial charge in [0.25, 0.3) is 0 Å². The molecule has 1 N–H and O–H groups in total. The second kappa shape index (κ2) is 6.26. The Kier molecular flexibility index (Phi) is 4.17. The molecule has 3 rings (SSSR count). The van der Waals surface area contributed by atoms with Crippen molar-refractivity contribution in [2.45, 2.75) is 13.8 Å². The molecule has 0 spiro atoms. The van der Waals surface area contributed by atoms with Crippen LogP contribution >= 0.6 is 11.6 Å². The van der Waals surface area contributed by atoms with Crippen molar-refractivity contribution >= 4 is 34.0 Å². The number of hydrogen-bond donors (Lipinski definition) is 1. The highest BCUT2D eigenvalue weighted by Crippen LogP contribution is 2.20. The van der Waals surface area contributed by atoms with Crippen LogP contribution < -0.4 is 11.1 Å². The summed E-state index contributed by atoms with van der Waals surface area (Å²) in [4.78, 5) is 12.1. The van der Waals surface area contributed by atoms with Gasteiger partial charge in [0.05, 0.1) is 17.0 Å². The predicted molar refractivity (Wildman–Crippen MR) is 94.5 cm³/mol. The van der Waals surface area contributed by atoms with E-state index in [2.05, 4.69) is 10.5 Å². The molecule has 0 bridgehead atoms. The lowest BCUT2D eigenvalue weighted by molar-refractivity contribution is 0.559. The van der Waals surface area contributed by atoms with Gasteiger partial charge >= 0.3 is 5.63 Å². The highest BCUT2D eigenvalue weighted by molar-refractivity contribution is 6.31. The number of hydrazone groups is 1. The van der Waals surface area contributed by atoms with Crippen LogP contribution in [0.5, 0.6) is 0 Å². The number of anilines is 1. The summed E-state index contributed by atoms with van der Waals surface area (Å²) in [6.07, 6.45) is 0. The first-order chi connectivity index (χ1) is 11.0. The Labute approximate surface area is 138 Å². The highest BCUT2D eigenvalue weighted by atomic mass is 35.5. The third kappa shape index (κ3) is 3.27. The Balaban J connectivity index is 1.92. The number of para-hydroxylation sites is 1.